The number of β-amino-alcohol motifs (C(OH)–C–C–N with tert-alkyl or cyclic N) is 1. The Labute approximate surface area is 144 Å². The zero-order valence-corrected chi connectivity index (χ0v) is 13.8. The number of hydrogen-bond acceptors (Lipinski definition) is 5. The molecule has 3 rings (SSSR count). The Morgan fingerprint density at radius 1 is 1.16 bits per heavy atom. The summed E-state index contributed by atoms with van der Waals surface area (Å²) in [5.74, 6) is -4.54. The second kappa shape index (κ2) is 7.49. The third-order valence-electron chi connectivity index (χ3n) is 4.94. The maximum absolute atomic E-state index is 13.3. The smallest absolute Gasteiger partial charge is 0.194 e. The molecule has 0 saturated carbocycles. The predicted octanol–water partition coefficient (Wildman–Crippen LogP) is 1.46. The van der Waals surface area contributed by atoms with E-state index in [1.54, 1.807) is 0 Å². The topological polar surface area (TPSA) is 62.2 Å². The lowest BCUT2D eigenvalue weighted by Crippen LogP contribution is -2.62. The SMILES string of the molecule is O[C@H]1CCN(C2CCOCC2)C[C@]1(O)COc1cc(F)c(F)c(F)c1. The van der Waals surface area contributed by atoms with E-state index in [1.165, 1.54) is 0 Å². The molecule has 2 aliphatic rings. The quantitative estimate of drug-likeness (QED) is 0.795. The van der Waals surface area contributed by atoms with E-state index in [0.29, 0.717) is 38.3 Å². The van der Waals surface area contributed by atoms with Gasteiger partial charge in [0.05, 0.1) is 6.10 Å². The van der Waals surface area contributed by atoms with Crippen LogP contribution in [0.5, 0.6) is 5.75 Å². The molecule has 8 heteroatoms. The summed E-state index contributed by atoms with van der Waals surface area (Å²) < 4.78 is 50.1. The maximum atomic E-state index is 13.3. The molecule has 2 N–H and O–H groups in total. The Hall–Kier alpha value is -1.35. The van der Waals surface area contributed by atoms with E-state index in [-0.39, 0.29) is 24.9 Å². The monoisotopic (exact) mass is 361 g/mol. The minimum Gasteiger partial charge on any atom is -0.490 e. The van der Waals surface area contributed by atoms with Crippen molar-refractivity contribution in [1.82, 2.24) is 4.90 Å². The highest BCUT2D eigenvalue weighted by atomic mass is 19.2. The van der Waals surface area contributed by atoms with Crippen LogP contribution in [0.15, 0.2) is 12.1 Å². The van der Waals surface area contributed by atoms with Gasteiger partial charge in [0.2, 0.25) is 0 Å². The first-order valence-electron chi connectivity index (χ1n) is 8.38. The van der Waals surface area contributed by atoms with Crippen molar-refractivity contribution in [3.05, 3.63) is 29.6 Å². The fourth-order valence-electron chi connectivity index (χ4n) is 3.42. The molecule has 0 unspecified atom stereocenters. The largest absolute Gasteiger partial charge is 0.490 e. The third kappa shape index (κ3) is 4.08. The van der Waals surface area contributed by atoms with Crippen molar-refractivity contribution < 1.29 is 32.9 Å². The van der Waals surface area contributed by atoms with Gasteiger partial charge in [-0.15, -0.1) is 0 Å². The van der Waals surface area contributed by atoms with Gasteiger partial charge in [-0.05, 0) is 19.3 Å². The van der Waals surface area contributed by atoms with E-state index in [4.69, 9.17) is 9.47 Å². The molecule has 2 fully saturated rings. The molecule has 1 aromatic carbocycles. The highest BCUT2D eigenvalue weighted by Crippen LogP contribution is 2.28. The number of nitrogens with zero attached hydrogens (tertiary/aromatic N) is 1. The number of aliphatic hydroxyl groups excluding tert-OH is 1. The molecule has 0 spiro atoms. The van der Waals surface area contributed by atoms with E-state index in [9.17, 15) is 23.4 Å². The second-order valence-corrected chi connectivity index (χ2v) is 6.71. The van der Waals surface area contributed by atoms with Gasteiger partial charge in [-0.3, -0.25) is 4.90 Å². The number of likely N-dealkylation sites (tertiary alicyclic amines) is 1. The lowest BCUT2D eigenvalue weighted by atomic mass is 9.88. The van der Waals surface area contributed by atoms with Crippen molar-refractivity contribution in [2.24, 2.45) is 0 Å². The fourth-order valence-corrected chi connectivity index (χ4v) is 3.42. The molecule has 0 radical (unpaired) electrons. The molecule has 2 aliphatic heterocycles. The molecule has 0 bridgehead atoms. The molecule has 2 heterocycles. The third-order valence-corrected chi connectivity index (χ3v) is 4.94. The molecule has 0 aliphatic carbocycles. The van der Waals surface area contributed by atoms with Crippen LogP contribution in [0.25, 0.3) is 0 Å². The fraction of sp³-hybridized carbons (Fsp3) is 0.647. The van der Waals surface area contributed by atoms with Crippen LogP contribution >= 0.6 is 0 Å². The van der Waals surface area contributed by atoms with Crippen LogP contribution in [0.2, 0.25) is 0 Å². The van der Waals surface area contributed by atoms with Gasteiger partial charge in [-0.25, -0.2) is 13.2 Å². The Bertz CT molecular complexity index is 589. The number of hydrogen-bond donors (Lipinski definition) is 2. The highest BCUT2D eigenvalue weighted by molar-refractivity contribution is 5.25. The van der Waals surface area contributed by atoms with Crippen LogP contribution in [0.4, 0.5) is 13.2 Å². The first-order chi connectivity index (χ1) is 11.9. The van der Waals surface area contributed by atoms with Crippen LogP contribution < -0.4 is 4.74 Å². The molecule has 1 aromatic rings. The van der Waals surface area contributed by atoms with Crippen molar-refractivity contribution in [3.63, 3.8) is 0 Å². The van der Waals surface area contributed by atoms with Crippen molar-refractivity contribution in [3.8, 4) is 5.75 Å². The first kappa shape index (κ1) is 18.4. The molecule has 140 valence electrons. The molecule has 25 heavy (non-hydrogen) atoms. The van der Waals surface area contributed by atoms with Crippen molar-refractivity contribution in [1.29, 1.82) is 0 Å². The predicted molar refractivity (Wildman–Crippen MR) is 82.8 cm³/mol. The summed E-state index contributed by atoms with van der Waals surface area (Å²) in [6.07, 6.45) is 1.05. The van der Waals surface area contributed by atoms with Crippen LogP contribution in [0, 0.1) is 17.5 Å². The van der Waals surface area contributed by atoms with Gasteiger partial charge in [0, 0.05) is 44.5 Å². The van der Waals surface area contributed by atoms with Crippen molar-refractivity contribution >= 4 is 0 Å². The Morgan fingerprint density at radius 2 is 1.80 bits per heavy atom. The standard InChI is InChI=1S/C17H22F3NO4/c18-13-7-12(8-14(19)16(13)20)25-10-17(23)9-21(4-1-15(17)22)11-2-5-24-6-3-11/h7-8,11,15,22-23H,1-6,9-10H2/t15-,17-/m0/s1. The van der Waals surface area contributed by atoms with E-state index < -0.39 is 29.2 Å². The van der Waals surface area contributed by atoms with Gasteiger partial charge in [0.25, 0.3) is 0 Å². The normalized spacial score (nSPS) is 28.9. The van der Waals surface area contributed by atoms with Crippen LogP contribution in [0.1, 0.15) is 19.3 Å². The Balaban J connectivity index is 1.66. The van der Waals surface area contributed by atoms with Crippen LogP contribution in [-0.4, -0.2) is 65.8 Å². The summed E-state index contributed by atoms with van der Waals surface area (Å²) in [5.41, 5.74) is -1.57. The number of ether oxygens (including phenoxy) is 2. The number of rotatable bonds is 4. The second-order valence-electron chi connectivity index (χ2n) is 6.71. The van der Waals surface area contributed by atoms with Crippen LogP contribution in [0.3, 0.4) is 0 Å². The molecule has 2 atom stereocenters. The Kier molecular flexibility index (Phi) is 5.52. The summed E-state index contributed by atoms with van der Waals surface area (Å²) in [5, 5.41) is 21.0. The van der Waals surface area contributed by atoms with Gasteiger partial charge in [-0.1, -0.05) is 0 Å². The van der Waals surface area contributed by atoms with Gasteiger partial charge >= 0.3 is 0 Å². The number of piperidine rings is 1. The van der Waals surface area contributed by atoms with Gasteiger partial charge in [-0.2, -0.15) is 0 Å². The lowest BCUT2D eigenvalue weighted by Gasteiger charge is -2.46. The van der Waals surface area contributed by atoms with E-state index in [1.807, 2.05) is 0 Å². The molecular weight excluding hydrogens is 339 g/mol. The summed E-state index contributed by atoms with van der Waals surface area (Å²) in [6, 6.07) is 1.69. The minimum atomic E-state index is -1.57. The van der Waals surface area contributed by atoms with Crippen molar-refractivity contribution in [2.75, 3.05) is 32.9 Å². The molecule has 2 saturated heterocycles. The summed E-state index contributed by atoms with van der Waals surface area (Å²) in [6.45, 7) is 1.80. The van der Waals surface area contributed by atoms with Gasteiger partial charge in [0.1, 0.15) is 18.0 Å². The van der Waals surface area contributed by atoms with Crippen LogP contribution in [-0.2, 0) is 4.74 Å². The van der Waals surface area contributed by atoms with Gasteiger partial charge < -0.3 is 19.7 Å². The summed E-state index contributed by atoms with van der Waals surface area (Å²) >= 11 is 0. The molecule has 0 aromatic heterocycles. The summed E-state index contributed by atoms with van der Waals surface area (Å²) in [4.78, 5) is 2.09. The Morgan fingerprint density at radius 3 is 2.44 bits per heavy atom. The number of benzene rings is 1. The van der Waals surface area contributed by atoms with Gasteiger partial charge in [0.15, 0.2) is 17.5 Å². The highest BCUT2D eigenvalue weighted by Gasteiger charge is 2.43. The number of halogens is 3. The first-order valence-corrected chi connectivity index (χ1v) is 8.38. The lowest BCUT2D eigenvalue weighted by molar-refractivity contribution is -0.149. The minimum absolute atomic E-state index is 0.186. The average molecular weight is 361 g/mol. The zero-order valence-electron chi connectivity index (χ0n) is 13.8. The average Bonchev–Trinajstić information content (AvgIpc) is 2.61. The van der Waals surface area contributed by atoms with E-state index in [2.05, 4.69) is 4.90 Å². The molecule has 5 nitrogen and oxygen atoms in total. The van der Waals surface area contributed by atoms with Crippen molar-refractivity contribution in [2.45, 2.75) is 37.0 Å². The summed E-state index contributed by atoms with van der Waals surface area (Å²) in [7, 11) is 0. The maximum Gasteiger partial charge on any atom is 0.194 e. The molecule has 0 amide bonds. The zero-order chi connectivity index (χ0) is 18.0. The van der Waals surface area contributed by atoms with E-state index >= 15 is 0 Å². The van der Waals surface area contributed by atoms with E-state index in [0.717, 1.165) is 12.8 Å². The molecular formula is C17H22F3NO4. The number of aliphatic hydroxyl groups is 2.